The zero-order valence-corrected chi connectivity index (χ0v) is 12.2. The van der Waals surface area contributed by atoms with E-state index in [9.17, 15) is 9.59 Å². The molecule has 5 heteroatoms. The van der Waals surface area contributed by atoms with Crippen LogP contribution in [0, 0.1) is 0 Å². The largest absolute Gasteiger partial charge is 0.383 e. The molecule has 1 aromatic rings. The fraction of sp³-hybridized carbons (Fsp3) is 0.267. The van der Waals surface area contributed by atoms with Crippen LogP contribution in [0.2, 0.25) is 0 Å². The molecule has 0 bridgehead atoms. The van der Waals surface area contributed by atoms with Crippen LogP contribution >= 0.6 is 0 Å². The van der Waals surface area contributed by atoms with Gasteiger partial charge in [0.25, 0.3) is 0 Å². The first-order valence-electron chi connectivity index (χ1n) is 6.15. The number of rotatable bonds is 6. The minimum absolute atomic E-state index is 0.232. The molecule has 1 aromatic heterocycles. The van der Waals surface area contributed by atoms with Crippen molar-refractivity contribution in [3.8, 4) is 0 Å². The van der Waals surface area contributed by atoms with Crippen molar-refractivity contribution in [2.45, 2.75) is 0 Å². The minimum atomic E-state index is -0.232. The van der Waals surface area contributed by atoms with Crippen molar-refractivity contribution in [3.05, 3.63) is 54.1 Å². The van der Waals surface area contributed by atoms with Gasteiger partial charge in [0.2, 0.25) is 11.6 Å². The van der Waals surface area contributed by atoms with E-state index in [-0.39, 0.29) is 23.0 Å². The van der Waals surface area contributed by atoms with Gasteiger partial charge in [0.05, 0.1) is 0 Å². The highest BCUT2D eigenvalue weighted by Gasteiger charge is 2.08. The Morgan fingerprint density at radius 2 is 1.30 bits per heavy atom. The molecule has 0 radical (unpaired) electrons. The second-order valence-corrected chi connectivity index (χ2v) is 4.70. The minimum Gasteiger partial charge on any atom is -0.383 e. The van der Waals surface area contributed by atoms with Gasteiger partial charge in [-0.25, -0.2) is 4.98 Å². The van der Waals surface area contributed by atoms with Gasteiger partial charge in [-0.2, -0.15) is 0 Å². The lowest BCUT2D eigenvalue weighted by molar-refractivity contribution is 0.103. The molecular weight excluding hydrogens is 254 g/mol. The monoisotopic (exact) mass is 273 g/mol. The number of aromatic nitrogens is 1. The van der Waals surface area contributed by atoms with E-state index < -0.39 is 0 Å². The number of pyridine rings is 1. The Labute approximate surface area is 119 Å². The molecule has 0 fully saturated rings. The summed E-state index contributed by atoms with van der Waals surface area (Å²) in [5.41, 5.74) is 0.513. The van der Waals surface area contributed by atoms with E-state index >= 15 is 0 Å². The Hall–Kier alpha value is -2.43. The maximum atomic E-state index is 11.9. The first kappa shape index (κ1) is 15.6. The molecule has 0 aliphatic carbocycles. The number of hydrogen-bond donors (Lipinski definition) is 0. The van der Waals surface area contributed by atoms with E-state index in [1.54, 1.807) is 40.4 Å². The fourth-order valence-corrected chi connectivity index (χ4v) is 1.31. The summed E-state index contributed by atoms with van der Waals surface area (Å²) in [6, 6.07) is 4.84. The fourth-order valence-electron chi connectivity index (χ4n) is 1.31. The Kier molecular flexibility index (Phi) is 5.65. The normalized spacial score (nSPS) is 11.0. The molecule has 0 saturated heterocycles. The molecule has 0 unspecified atom stereocenters. The van der Waals surface area contributed by atoms with E-state index in [0.717, 1.165) is 0 Å². The molecule has 0 N–H and O–H groups in total. The molecule has 0 aliphatic heterocycles. The molecule has 0 aliphatic rings. The quantitative estimate of drug-likeness (QED) is 0.582. The van der Waals surface area contributed by atoms with Gasteiger partial charge in [-0.05, 0) is 12.1 Å². The van der Waals surface area contributed by atoms with Crippen molar-refractivity contribution in [1.82, 2.24) is 14.8 Å². The Morgan fingerprint density at radius 1 is 0.900 bits per heavy atom. The molecule has 0 spiro atoms. The molecule has 5 nitrogen and oxygen atoms in total. The van der Waals surface area contributed by atoms with Gasteiger partial charge in [0.1, 0.15) is 11.4 Å². The average Bonchev–Trinajstić information content (AvgIpc) is 2.42. The molecule has 0 saturated carbocycles. The summed E-state index contributed by atoms with van der Waals surface area (Å²) in [4.78, 5) is 31.4. The van der Waals surface area contributed by atoms with Crippen LogP contribution in [-0.2, 0) is 0 Å². The van der Waals surface area contributed by atoms with Crippen molar-refractivity contribution in [1.29, 1.82) is 0 Å². The lowest BCUT2D eigenvalue weighted by atomic mass is 10.2. The molecule has 1 rings (SSSR count). The van der Waals surface area contributed by atoms with Crippen molar-refractivity contribution < 1.29 is 9.59 Å². The van der Waals surface area contributed by atoms with Crippen LogP contribution in [0.1, 0.15) is 21.0 Å². The van der Waals surface area contributed by atoms with Crippen molar-refractivity contribution in [2.75, 3.05) is 28.2 Å². The molecular formula is C15H19N3O2. The van der Waals surface area contributed by atoms with Gasteiger partial charge < -0.3 is 9.80 Å². The zero-order chi connectivity index (χ0) is 15.1. The highest BCUT2D eigenvalue weighted by atomic mass is 16.1. The molecule has 0 aromatic carbocycles. The highest BCUT2D eigenvalue weighted by molar-refractivity contribution is 6.06. The third kappa shape index (κ3) is 5.06. The van der Waals surface area contributed by atoms with Crippen LogP contribution in [0.25, 0.3) is 0 Å². The summed E-state index contributed by atoms with van der Waals surface area (Å²) in [6.45, 7) is 0. The Bertz CT molecular complexity index is 501. The lowest BCUT2D eigenvalue weighted by Gasteiger charge is -2.04. The van der Waals surface area contributed by atoms with Crippen LogP contribution in [0.4, 0.5) is 0 Å². The van der Waals surface area contributed by atoms with Crippen LogP contribution < -0.4 is 0 Å². The second kappa shape index (κ2) is 7.23. The predicted octanol–water partition coefficient (Wildman–Crippen LogP) is 1.60. The van der Waals surface area contributed by atoms with Gasteiger partial charge in [-0.3, -0.25) is 9.59 Å². The van der Waals surface area contributed by atoms with Crippen molar-refractivity contribution in [2.24, 2.45) is 0 Å². The summed E-state index contributed by atoms with van der Waals surface area (Å²) >= 11 is 0. The predicted molar refractivity (Wildman–Crippen MR) is 78.6 cm³/mol. The first-order chi connectivity index (χ1) is 9.40. The lowest BCUT2D eigenvalue weighted by Crippen LogP contribution is -2.08. The van der Waals surface area contributed by atoms with E-state index in [2.05, 4.69) is 4.98 Å². The number of nitrogens with zero attached hydrogens (tertiary/aromatic N) is 3. The Morgan fingerprint density at radius 3 is 1.65 bits per heavy atom. The van der Waals surface area contributed by atoms with Gasteiger partial charge in [0, 0.05) is 52.7 Å². The SMILES string of the molecule is CN(C)/C=C/C(=O)c1cccc(C(=O)/C=C/N(C)C)n1. The summed E-state index contributed by atoms with van der Waals surface area (Å²) in [5.74, 6) is -0.463. The molecule has 106 valence electrons. The van der Waals surface area contributed by atoms with Crippen molar-refractivity contribution >= 4 is 11.6 Å². The summed E-state index contributed by atoms with van der Waals surface area (Å²) in [6.07, 6.45) is 6.13. The van der Waals surface area contributed by atoms with Crippen LogP contribution in [0.3, 0.4) is 0 Å². The summed E-state index contributed by atoms with van der Waals surface area (Å²) in [5, 5.41) is 0. The number of hydrogen-bond acceptors (Lipinski definition) is 5. The van der Waals surface area contributed by atoms with E-state index in [0.29, 0.717) is 0 Å². The highest BCUT2D eigenvalue weighted by Crippen LogP contribution is 2.04. The summed E-state index contributed by atoms with van der Waals surface area (Å²) < 4.78 is 0. The molecule has 0 amide bonds. The van der Waals surface area contributed by atoms with Gasteiger partial charge in [-0.15, -0.1) is 0 Å². The smallest absolute Gasteiger partial charge is 0.205 e. The van der Waals surface area contributed by atoms with Crippen LogP contribution in [0.15, 0.2) is 42.8 Å². The van der Waals surface area contributed by atoms with Crippen molar-refractivity contribution in [3.63, 3.8) is 0 Å². The summed E-state index contributed by atoms with van der Waals surface area (Å²) in [7, 11) is 7.29. The Balaban J connectivity index is 2.91. The second-order valence-electron chi connectivity index (χ2n) is 4.70. The van der Waals surface area contributed by atoms with E-state index in [1.807, 2.05) is 28.2 Å². The van der Waals surface area contributed by atoms with Crippen LogP contribution in [0.5, 0.6) is 0 Å². The van der Waals surface area contributed by atoms with Crippen LogP contribution in [-0.4, -0.2) is 54.5 Å². The standard InChI is InChI=1S/C15H19N3O2/c1-17(2)10-8-14(19)12-6-5-7-13(16-12)15(20)9-11-18(3)4/h5-11H,1-4H3/b10-8+,11-9+. The maximum Gasteiger partial charge on any atom is 0.205 e. The maximum absolute atomic E-state index is 11.9. The average molecular weight is 273 g/mol. The van der Waals surface area contributed by atoms with Gasteiger partial charge in [0.15, 0.2) is 0 Å². The van der Waals surface area contributed by atoms with Gasteiger partial charge >= 0.3 is 0 Å². The first-order valence-corrected chi connectivity index (χ1v) is 6.15. The molecule has 1 heterocycles. The third-order valence-electron chi connectivity index (χ3n) is 2.30. The van der Waals surface area contributed by atoms with Gasteiger partial charge in [-0.1, -0.05) is 6.07 Å². The number of ketones is 2. The third-order valence-corrected chi connectivity index (χ3v) is 2.30. The molecule has 20 heavy (non-hydrogen) atoms. The number of carbonyl (C=O) groups excluding carboxylic acids is 2. The number of carbonyl (C=O) groups is 2. The number of allylic oxidation sites excluding steroid dienone is 2. The van der Waals surface area contributed by atoms with E-state index in [4.69, 9.17) is 0 Å². The topological polar surface area (TPSA) is 53.5 Å². The van der Waals surface area contributed by atoms with E-state index in [1.165, 1.54) is 12.2 Å². The zero-order valence-electron chi connectivity index (χ0n) is 12.2. The molecule has 0 atom stereocenters.